The van der Waals surface area contributed by atoms with Crippen molar-refractivity contribution in [3.05, 3.63) is 64.1 Å². The Labute approximate surface area is 207 Å². The maximum Gasteiger partial charge on any atom is 0.423 e. The molecule has 1 aliphatic heterocycles. The molecule has 0 saturated carbocycles. The molecule has 3 heterocycles. The van der Waals surface area contributed by atoms with Crippen LogP contribution < -0.4 is 20.1 Å². The Morgan fingerprint density at radius 1 is 1.27 bits per heavy atom. The molecule has 0 unspecified atom stereocenters. The summed E-state index contributed by atoms with van der Waals surface area (Å²) in [5.74, 6) is -1.92. The molecule has 0 fully saturated rings. The van der Waals surface area contributed by atoms with E-state index in [4.69, 9.17) is 4.74 Å². The van der Waals surface area contributed by atoms with Crippen LogP contribution in [0.2, 0.25) is 0 Å². The summed E-state index contributed by atoms with van der Waals surface area (Å²) < 4.78 is 57.9. The standard InChI is InChI=1S/C21H20F3N6O6P/c1-29-9-12-5-6-30(32)18(16(12)19(29)31)27-17-13(21(22,23)24)8-25-20(28-17)26-14-4-3-11(7-15(14)36-2)10-37(33,34)35/h3-8H,9-10H2,1-2H3,(H2,33,34,35)(H2,25,26,27,28). The number of fused-ring (bicyclic) bond motifs is 1. The lowest BCUT2D eigenvalue weighted by molar-refractivity contribution is -0.590. The molecule has 0 spiro atoms. The van der Waals surface area contributed by atoms with Gasteiger partial charge in [0.2, 0.25) is 11.8 Å². The average molecular weight is 540 g/mol. The number of alkyl halides is 3. The topological polar surface area (TPSA) is 164 Å². The molecule has 4 rings (SSSR count). The number of amides is 1. The molecule has 1 aromatic carbocycles. The van der Waals surface area contributed by atoms with Crippen LogP contribution in [0.1, 0.15) is 27.0 Å². The van der Waals surface area contributed by atoms with Crippen LogP contribution in [0, 0.1) is 5.21 Å². The van der Waals surface area contributed by atoms with Crippen LogP contribution in [0.3, 0.4) is 0 Å². The number of hydrogen-bond acceptors (Lipinski definition) is 8. The van der Waals surface area contributed by atoms with E-state index in [0.29, 0.717) is 11.8 Å². The highest BCUT2D eigenvalue weighted by atomic mass is 31.2. The van der Waals surface area contributed by atoms with E-state index >= 15 is 0 Å². The van der Waals surface area contributed by atoms with E-state index in [1.165, 1.54) is 43.3 Å². The van der Waals surface area contributed by atoms with Crippen molar-refractivity contribution < 1.29 is 41.8 Å². The first-order valence-electron chi connectivity index (χ1n) is 10.5. The molecule has 4 N–H and O–H groups in total. The highest BCUT2D eigenvalue weighted by Gasteiger charge is 2.39. The second kappa shape index (κ2) is 9.50. The van der Waals surface area contributed by atoms with Gasteiger partial charge in [0, 0.05) is 19.8 Å². The number of hydrogen-bond donors (Lipinski definition) is 4. The third-order valence-electron chi connectivity index (χ3n) is 5.39. The zero-order valence-electron chi connectivity index (χ0n) is 19.3. The summed E-state index contributed by atoms with van der Waals surface area (Å²) in [7, 11) is -1.56. The molecule has 37 heavy (non-hydrogen) atoms. The van der Waals surface area contributed by atoms with Crippen LogP contribution in [0.5, 0.6) is 5.75 Å². The van der Waals surface area contributed by atoms with Gasteiger partial charge in [0.25, 0.3) is 11.7 Å². The first-order valence-corrected chi connectivity index (χ1v) is 12.3. The van der Waals surface area contributed by atoms with Crippen molar-refractivity contribution in [3.63, 3.8) is 0 Å². The summed E-state index contributed by atoms with van der Waals surface area (Å²) in [5.41, 5.74) is -0.428. The molecule has 196 valence electrons. The maximum atomic E-state index is 13.7. The maximum absolute atomic E-state index is 13.7. The first-order chi connectivity index (χ1) is 17.3. The lowest BCUT2D eigenvalue weighted by Crippen LogP contribution is -2.32. The largest absolute Gasteiger partial charge is 0.711 e. The lowest BCUT2D eigenvalue weighted by Gasteiger charge is -2.16. The monoisotopic (exact) mass is 540 g/mol. The molecule has 1 aliphatic rings. The molecular formula is C21H20F3N6O6P. The smallest absolute Gasteiger partial charge is 0.423 e. The predicted molar refractivity (Wildman–Crippen MR) is 124 cm³/mol. The highest BCUT2D eigenvalue weighted by molar-refractivity contribution is 7.50. The summed E-state index contributed by atoms with van der Waals surface area (Å²) >= 11 is 0. The minimum Gasteiger partial charge on any atom is -0.711 e. The highest BCUT2D eigenvalue weighted by Crippen LogP contribution is 2.41. The number of anilines is 4. The molecule has 12 nitrogen and oxygen atoms in total. The van der Waals surface area contributed by atoms with Crippen LogP contribution >= 0.6 is 7.60 Å². The van der Waals surface area contributed by atoms with Crippen LogP contribution in [0.15, 0.2) is 36.7 Å². The molecule has 1 amide bonds. The quantitative estimate of drug-likeness (QED) is 0.199. The van der Waals surface area contributed by atoms with E-state index in [9.17, 15) is 37.5 Å². The van der Waals surface area contributed by atoms with E-state index in [0.717, 1.165) is 6.20 Å². The van der Waals surface area contributed by atoms with Gasteiger partial charge in [0.05, 0.1) is 25.2 Å². The van der Waals surface area contributed by atoms with Crippen molar-refractivity contribution in [2.45, 2.75) is 18.9 Å². The van der Waals surface area contributed by atoms with Gasteiger partial charge in [0.1, 0.15) is 16.9 Å². The van der Waals surface area contributed by atoms with Crippen LogP contribution in [0.25, 0.3) is 0 Å². The van der Waals surface area contributed by atoms with Crippen molar-refractivity contribution in [2.75, 3.05) is 24.8 Å². The van der Waals surface area contributed by atoms with E-state index in [-0.39, 0.29) is 39.8 Å². The number of pyridine rings is 1. The molecule has 0 radical (unpaired) electrons. The van der Waals surface area contributed by atoms with Gasteiger partial charge in [-0.05, 0) is 29.3 Å². The Balaban J connectivity index is 1.73. The molecule has 2 aromatic heterocycles. The third kappa shape index (κ3) is 5.58. The summed E-state index contributed by atoms with van der Waals surface area (Å²) in [6, 6.07) is 5.54. The number of rotatable bonds is 7. The molecule has 16 heteroatoms. The van der Waals surface area contributed by atoms with Gasteiger partial charge in [-0.15, -0.1) is 0 Å². The number of ether oxygens (including phenoxy) is 1. The lowest BCUT2D eigenvalue weighted by atomic mass is 10.1. The second-order valence-corrected chi connectivity index (χ2v) is 9.76. The number of nitrogens with one attached hydrogen (secondary N) is 2. The zero-order chi connectivity index (χ0) is 27.1. The van der Waals surface area contributed by atoms with E-state index in [1.807, 2.05) is 0 Å². The normalized spacial score (nSPS) is 13.5. The first kappa shape index (κ1) is 26.1. The van der Waals surface area contributed by atoms with Gasteiger partial charge in [-0.25, -0.2) is 15.0 Å². The minimum absolute atomic E-state index is 0.0661. The molecule has 0 bridgehead atoms. The van der Waals surface area contributed by atoms with Gasteiger partial charge in [0.15, 0.2) is 0 Å². The zero-order valence-corrected chi connectivity index (χ0v) is 20.2. The number of nitrogens with zero attached hydrogens (tertiary/aromatic N) is 4. The number of benzene rings is 1. The fraction of sp³-hybridized carbons (Fsp3) is 0.238. The van der Waals surface area contributed by atoms with E-state index < -0.39 is 43.0 Å². The Bertz CT molecular complexity index is 1430. The van der Waals surface area contributed by atoms with Crippen LogP contribution in [-0.4, -0.2) is 44.7 Å². The van der Waals surface area contributed by atoms with Gasteiger partial charge < -0.3 is 29.9 Å². The van der Waals surface area contributed by atoms with Crippen LogP contribution in [0.4, 0.5) is 36.4 Å². The number of carbonyl (C=O) groups excluding carboxylic acids is 1. The van der Waals surface area contributed by atoms with Crippen molar-refractivity contribution in [2.24, 2.45) is 0 Å². The summed E-state index contributed by atoms with van der Waals surface area (Å²) in [5, 5.41) is 17.5. The predicted octanol–water partition coefficient (Wildman–Crippen LogP) is 2.89. The Kier molecular flexibility index (Phi) is 6.71. The molecular weight excluding hydrogens is 520 g/mol. The van der Waals surface area contributed by atoms with E-state index in [2.05, 4.69) is 20.6 Å². The van der Waals surface area contributed by atoms with Gasteiger partial charge in [-0.3, -0.25) is 9.36 Å². The van der Waals surface area contributed by atoms with Crippen molar-refractivity contribution in [3.8, 4) is 5.75 Å². The molecule has 0 saturated heterocycles. The minimum atomic E-state index is -4.89. The Morgan fingerprint density at radius 3 is 2.65 bits per heavy atom. The Morgan fingerprint density at radius 2 is 2.00 bits per heavy atom. The number of aromatic nitrogens is 3. The van der Waals surface area contributed by atoms with Gasteiger partial charge in [-0.1, -0.05) is 6.07 Å². The van der Waals surface area contributed by atoms with Crippen molar-refractivity contribution in [1.82, 2.24) is 14.9 Å². The SMILES string of the molecule is COc1cc(CP(=O)(O)O)ccc1Nc1ncc(C(F)(F)F)c(Nc2c3c(cc[n+]2[O-])CN(C)C3=O)n1. The molecule has 0 atom stereocenters. The fourth-order valence-electron chi connectivity index (χ4n) is 3.74. The molecule has 0 aliphatic carbocycles. The second-order valence-electron chi connectivity index (χ2n) is 8.11. The van der Waals surface area contributed by atoms with Gasteiger partial charge in [-0.2, -0.15) is 18.2 Å². The molecule has 3 aromatic rings. The van der Waals surface area contributed by atoms with Crippen molar-refractivity contribution in [1.29, 1.82) is 0 Å². The summed E-state index contributed by atoms with van der Waals surface area (Å²) in [4.78, 5) is 39.8. The number of methoxy groups -OCH3 is 1. The Hall–Kier alpha value is -3.94. The summed E-state index contributed by atoms with van der Waals surface area (Å²) in [6.07, 6.45) is -3.85. The van der Waals surface area contributed by atoms with E-state index in [1.54, 1.807) is 0 Å². The van der Waals surface area contributed by atoms with Crippen molar-refractivity contribution >= 4 is 36.8 Å². The third-order valence-corrected chi connectivity index (χ3v) is 6.17. The van der Waals surface area contributed by atoms with Crippen LogP contribution in [-0.2, 0) is 23.4 Å². The average Bonchev–Trinajstić information content (AvgIpc) is 3.09. The summed E-state index contributed by atoms with van der Waals surface area (Å²) in [6.45, 7) is 0.185. The van der Waals surface area contributed by atoms with Gasteiger partial charge >= 0.3 is 13.8 Å². The number of halogens is 3. The fourth-order valence-corrected chi connectivity index (χ4v) is 4.41. The number of carbonyl (C=O) groups is 1.